The minimum absolute atomic E-state index is 0.130. The number of hydrogen-bond acceptors (Lipinski definition) is 6. The number of sulfonamides is 1. The van der Waals surface area contributed by atoms with Crippen molar-refractivity contribution in [1.82, 2.24) is 9.97 Å². The van der Waals surface area contributed by atoms with Crippen molar-refractivity contribution in [2.45, 2.75) is 13.3 Å². The number of rotatable bonds is 7. The number of anilines is 2. The maximum Gasteiger partial charge on any atom is 0.210 e. The molecule has 0 aliphatic carbocycles. The van der Waals surface area contributed by atoms with Gasteiger partial charge in [-0.05, 0) is 6.42 Å². The molecule has 0 bridgehead atoms. The normalized spacial score (nSPS) is 11.2. The molecule has 0 aliphatic rings. The van der Waals surface area contributed by atoms with E-state index >= 15 is 0 Å². The second-order valence-corrected chi connectivity index (χ2v) is 5.24. The summed E-state index contributed by atoms with van der Waals surface area (Å²) in [6.45, 7) is 3.11. The summed E-state index contributed by atoms with van der Waals surface area (Å²) in [5.74, 6) is 1.15. The molecule has 17 heavy (non-hydrogen) atoms. The van der Waals surface area contributed by atoms with Crippen LogP contribution in [0.3, 0.4) is 0 Å². The molecule has 0 fully saturated rings. The SMILES string of the molecule is CCCNc1cc(NCCS(N)(=O)=O)ncn1. The van der Waals surface area contributed by atoms with E-state index in [0.29, 0.717) is 11.6 Å². The number of hydrogen-bond donors (Lipinski definition) is 3. The van der Waals surface area contributed by atoms with Crippen molar-refractivity contribution < 1.29 is 8.42 Å². The standard InChI is InChI=1S/C9H17N5O2S/c1-2-3-11-8-6-9(14-7-13-8)12-4-5-17(10,15)16/h6-7H,2-5H2,1H3,(H2,10,15,16)(H2,11,12,13,14). The van der Waals surface area contributed by atoms with Crippen LogP contribution < -0.4 is 15.8 Å². The molecule has 96 valence electrons. The minimum atomic E-state index is -3.44. The number of aromatic nitrogens is 2. The van der Waals surface area contributed by atoms with Gasteiger partial charge in [0.1, 0.15) is 18.0 Å². The summed E-state index contributed by atoms with van der Waals surface area (Å²) >= 11 is 0. The highest BCUT2D eigenvalue weighted by molar-refractivity contribution is 7.89. The van der Waals surface area contributed by atoms with E-state index in [2.05, 4.69) is 27.5 Å². The first-order valence-corrected chi connectivity index (χ1v) is 7.03. The van der Waals surface area contributed by atoms with Gasteiger partial charge in [-0.15, -0.1) is 0 Å². The molecular weight excluding hydrogens is 242 g/mol. The predicted molar refractivity (Wildman–Crippen MR) is 67.3 cm³/mol. The molecular formula is C9H17N5O2S. The molecule has 0 atom stereocenters. The molecule has 0 saturated heterocycles. The maximum atomic E-state index is 10.7. The van der Waals surface area contributed by atoms with Gasteiger partial charge >= 0.3 is 0 Å². The third kappa shape index (κ3) is 6.03. The lowest BCUT2D eigenvalue weighted by molar-refractivity contribution is 0.598. The van der Waals surface area contributed by atoms with E-state index in [-0.39, 0.29) is 12.3 Å². The van der Waals surface area contributed by atoms with Crippen LogP contribution in [0.2, 0.25) is 0 Å². The van der Waals surface area contributed by atoms with Crippen LogP contribution in [0.5, 0.6) is 0 Å². The summed E-state index contributed by atoms with van der Waals surface area (Å²) in [6, 6.07) is 1.72. The average Bonchev–Trinajstić information content (AvgIpc) is 2.25. The summed E-state index contributed by atoms with van der Waals surface area (Å²) in [5.41, 5.74) is 0. The number of nitrogens with two attached hydrogens (primary N) is 1. The number of nitrogens with zero attached hydrogens (tertiary/aromatic N) is 2. The highest BCUT2D eigenvalue weighted by Gasteiger charge is 2.02. The van der Waals surface area contributed by atoms with Crippen molar-refractivity contribution in [3.8, 4) is 0 Å². The van der Waals surface area contributed by atoms with E-state index < -0.39 is 10.0 Å². The number of nitrogens with one attached hydrogen (secondary N) is 2. The van der Waals surface area contributed by atoms with Gasteiger partial charge < -0.3 is 10.6 Å². The first-order valence-electron chi connectivity index (χ1n) is 5.31. The maximum absolute atomic E-state index is 10.7. The largest absolute Gasteiger partial charge is 0.370 e. The molecule has 0 amide bonds. The molecule has 0 aliphatic heterocycles. The smallest absolute Gasteiger partial charge is 0.210 e. The van der Waals surface area contributed by atoms with Gasteiger partial charge in [-0.3, -0.25) is 0 Å². The van der Waals surface area contributed by atoms with Crippen LogP contribution in [0.4, 0.5) is 11.6 Å². The topological polar surface area (TPSA) is 110 Å². The molecule has 1 aromatic heterocycles. The molecule has 0 radical (unpaired) electrons. The molecule has 0 spiro atoms. The molecule has 7 nitrogen and oxygen atoms in total. The Bertz CT molecular complexity index is 448. The van der Waals surface area contributed by atoms with Crippen LogP contribution in [0.15, 0.2) is 12.4 Å². The van der Waals surface area contributed by atoms with Crippen molar-refractivity contribution in [2.24, 2.45) is 5.14 Å². The molecule has 1 aromatic rings. The highest BCUT2D eigenvalue weighted by atomic mass is 32.2. The minimum Gasteiger partial charge on any atom is -0.370 e. The Kier molecular flexibility index (Phi) is 5.11. The quantitative estimate of drug-likeness (QED) is 0.635. The summed E-state index contributed by atoms with van der Waals surface area (Å²) in [5, 5.41) is 10.9. The third-order valence-electron chi connectivity index (χ3n) is 1.92. The highest BCUT2D eigenvalue weighted by Crippen LogP contribution is 2.07. The Hall–Kier alpha value is -1.41. The van der Waals surface area contributed by atoms with Gasteiger partial charge in [-0.1, -0.05) is 6.92 Å². The molecule has 1 heterocycles. The molecule has 0 unspecified atom stereocenters. The zero-order chi connectivity index (χ0) is 12.7. The van der Waals surface area contributed by atoms with E-state index in [0.717, 1.165) is 13.0 Å². The van der Waals surface area contributed by atoms with Crippen molar-refractivity contribution in [3.05, 3.63) is 12.4 Å². The second-order valence-electron chi connectivity index (χ2n) is 3.51. The van der Waals surface area contributed by atoms with Crippen LogP contribution in [-0.4, -0.2) is 37.2 Å². The zero-order valence-electron chi connectivity index (χ0n) is 9.68. The molecule has 1 rings (SSSR count). The third-order valence-corrected chi connectivity index (χ3v) is 2.69. The van der Waals surface area contributed by atoms with Crippen LogP contribution in [0.25, 0.3) is 0 Å². The Labute approximate surface area is 101 Å². The molecule has 4 N–H and O–H groups in total. The van der Waals surface area contributed by atoms with E-state index in [9.17, 15) is 8.42 Å². The van der Waals surface area contributed by atoms with Gasteiger partial charge in [0.25, 0.3) is 0 Å². The fourth-order valence-electron chi connectivity index (χ4n) is 1.13. The van der Waals surface area contributed by atoms with E-state index in [1.807, 2.05) is 0 Å². The first kappa shape index (κ1) is 13.7. The van der Waals surface area contributed by atoms with Gasteiger partial charge in [-0.25, -0.2) is 23.5 Å². The average molecular weight is 259 g/mol. The van der Waals surface area contributed by atoms with Crippen molar-refractivity contribution in [2.75, 3.05) is 29.5 Å². The summed E-state index contributed by atoms with van der Waals surface area (Å²) in [6.07, 6.45) is 2.41. The fourth-order valence-corrected chi connectivity index (χ4v) is 1.51. The molecule has 8 heteroatoms. The van der Waals surface area contributed by atoms with Gasteiger partial charge in [-0.2, -0.15) is 0 Å². The molecule has 0 aromatic carbocycles. The van der Waals surface area contributed by atoms with Gasteiger partial charge in [0.15, 0.2) is 0 Å². The van der Waals surface area contributed by atoms with Crippen LogP contribution in [0.1, 0.15) is 13.3 Å². The lowest BCUT2D eigenvalue weighted by Crippen LogP contribution is -2.22. The summed E-state index contributed by atoms with van der Waals surface area (Å²) in [4.78, 5) is 8.00. The van der Waals surface area contributed by atoms with Crippen LogP contribution in [0, 0.1) is 0 Å². The first-order chi connectivity index (χ1) is 8.01. The Morgan fingerprint density at radius 1 is 1.24 bits per heavy atom. The van der Waals surface area contributed by atoms with Crippen molar-refractivity contribution in [3.63, 3.8) is 0 Å². The number of primary sulfonamides is 1. The summed E-state index contributed by atoms with van der Waals surface area (Å²) < 4.78 is 21.4. The van der Waals surface area contributed by atoms with E-state index in [1.165, 1.54) is 6.33 Å². The summed E-state index contributed by atoms with van der Waals surface area (Å²) in [7, 11) is -3.44. The van der Waals surface area contributed by atoms with Crippen LogP contribution in [-0.2, 0) is 10.0 Å². The lowest BCUT2D eigenvalue weighted by Gasteiger charge is -2.07. The van der Waals surface area contributed by atoms with Gasteiger partial charge in [0, 0.05) is 19.2 Å². The monoisotopic (exact) mass is 259 g/mol. The van der Waals surface area contributed by atoms with E-state index in [1.54, 1.807) is 6.07 Å². The van der Waals surface area contributed by atoms with E-state index in [4.69, 9.17) is 5.14 Å². The Morgan fingerprint density at radius 3 is 2.35 bits per heavy atom. The lowest BCUT2D eigenvalue weighted by atomic mass is 10.4. The molecule has 0 saturated carbocycles. The fraction of sp³-hybridized carbons (Fsp3) is 0.556. The van der Waals surface area contributed by atoms with Crippen molar-refractivity contribution in [1.29, 1.82) is 0 Å². The zero-order valence-corrected chi connectivity index (χ0v) is 10.5. The van der Waals surface area contributed by atoms with Gasteiger partial charge in [0.2, 0.25) is 10.0 Å². The Morgan fingerprint density at radius 2 is 1.82 bits per heavy atom. The van der Waals surface area contributed by atoms with Crippen molar-refractivity contribution >= 4 is 21.7 Å². The van der Waals surface area contributed by atoms with Crippen LogP contribution >= 0.6 is 0 Å². The Balaban J connectivity index is 2.48. The predicted octanol–water partition coefficient (Wildman–Crippen LogP) is -0.00110. The second kappa shape index (κ2) is 6.36. The van der Waals surface area contributed by atoms with Gasteiger partial charge in [0.05, 0.1) is 5.75 Å².